The lowest BCUT2D eigenvalue weighted by molar-refractivity contribution is -0.125. The van der Waals surface area contributed by atoms with Gasteiger partial charge in [0.05, 0.1) is 0 Å². The van der Waals surface area contributed by atoms with Crippen LogP contribution >= 0.6 is 0 Å². The highest BCUT2D eigenvalue weighted by Gasteiger charge is 2.32. The average molecular weight is 219 g/mol. The molecule has 0 spiro atoms. The second-order valence-corrected chi connectivity index (χ2v) is 3.74. The fraction of sp³-hybridized carbons (Fsp3) is 0.364. The summed E-state index contributed by atoms with van der Waals surface area (Å²) in [4.78, 5) is 30.0. The number of carbonyl (C=O) groups is 2. The van der Waals surface area contributed by atoms with Gasteiger partial charge in [0.15, 0.2) is 0 Å². The Morgan fingerprint density at radius 2 is 2.12 bits per heavy atom. The van der Waals surface area contributed by atoms with Crippen LogP contribution in [0.15, 0.2) is 18.2 Å². The molecule has 1 aliphatic rings. The Balaban J connectivity index is 2.25. The van der Waals surface area contributed by atoms with Gasteiger partial charge in [-0.2, -0.15) is 0 Å². The third-order valence-corrected chi connectivity index (χ3v) is 2.54. The first-order valence-electron chi connectivity index (χ1n) is 5.13. The highest BCUT2D eigenvalue weighted by molar-refractivity contribution is 6.03. The van der Waals surface area contributed by atoms with E-state index in [0.717, 1.165) is 5.69 Å². The van der Waals surface area contributed by atoms with E-state index in [4.69, 9.17) is 0 Å². The number of amides is 3. The van der Waals surface area contributed by atoms with Crippen molar-refractivity contribution >= 4 is 17.8 Å². The Hall–Kier alpha value is -1.91. The maximum Gasteiger partial charge on any atom is 0.332 e. The van der Waals surface area contributed by atoms with Crippen molar-refractivity contribution in [1.82, 2.24) is 9.88 Å². The Morgan fingerprint density at radius 3 is 2.69 bits per heavy atom. The topological polar surface area (TPSA) is 53.5 Å². The van der Waals surface area contributed by atoms with Crippen LogP contribution in [-0.2, 0) is 4.79 Å². The number of carbonyl (C=O) groups excluding carboxylic acids is 2. The van der Waals surface area contributed by atoms with Gasteiger partial charge in [-0.15, -0.1) is 0 Å². The highest BCUT2D eigenvalue weighted by Crippen LogP contribution is 2.18. The molecule has 0 unspecified atom stereocenters. The molecule has 3 amide bonds. The number of hydrogen-bond acceptors (Lipinski definition) is 3. The van der Waals surface area contributed by atoms with E-state index in [1.54, 1.807) is 6.07 Å². The average Bonchev–Trinajstić information content (AvgIpc) is 2.60. The molecule has 0 aromatic carbocycles. The molecule has 1 aromatic rings. The molecule has 5 heteroatoms. The number of nitrogens with zero attached hydrogens (tertiary/aromatic N) is 3. The van der Waals surface area contributed by atoms with E-state index >= 15 is 0 Å². The molecule has 0 N–H and O–H groups in total. The summed E-state index contributed by atoms with van der Waals surface area (Å²) in [5.74, 6) is 0.383. The van der Waals surface area contributed by atoms with E-state index in [9.17, 15) is 9.59 Å². The second kappa shape index (κ2) is 3.92. The quantitative estimate of drug-likeness (QED) is 0.712. The first-order valence-corrected chi connectivity index (χ1v) is 5.13. The van der Waals surface area contributed by atoms with Gasteiger partial charge in [-0.25, -0.2) is 9.78 Å². The molecule has 0 atom stereocenters. The zero-order chi connectivity index (χ0) is 11.7. The molecule has 0 bridgehead atoms. The third-order valence-electron chi connectivity index (χ3n) is 2.54. The summed E-state index contributed by atoms with van der Waals surface area (Å²) in [6.07, 6.45) is 0. The summed E-state index contributed by atoms with van der Waals surface area (Å²) in [6.45, 7) is 4.20. The van der Waals surface area contributed by atoms with Gasteiger partial charge in [0.2, 0.25) is 5.91 Å². The zero-order valence-electron chi connectivity index (χ0n) is 9.30. The van der Waals surface area contributed by atoms with Crippen molar-refractivity contribution in [2.24, 2.45) is 0 Å². The van der Waals surface area contributed by atoms with Gasteiger partial charge >= 0.3 is 6.03 Å². The molecule has 1 aromatic heterocycles. The summed E-state index contributed by atoms with van der Waals surface area (Å²) in [6, 6.07) is 5.20. The Labute approximate surface area is 93.7 Å². The molecule has 2 heterocycles. The van der Waals surface area contributed by atoms with Crippen LogP contribution in [0.25, 0.3) is 0 Å². The van der Waals surface area contributed by atoms with E-state index in [-0.39, 0.29) is 11.9 Å². The number of anilines is 1. The van der Waals surface area contributed by atoms with Crippen LogP contribution in [0.1, 0.15) is 12.6 Å². The second-order valence-electron chi connectivity index (χ2n) is 3.74. The van der Waals surface area contributed by atoms with Crippen LogP contribution in [0.3, 0.4) is 0 Å². The molecule has 1 saturated heterocycles. The van der Waals surface area contributed by atoms with E-state index in [1.165, 1.54) is 16.7 Å². The van der Waals surface area contributed by atoms with E-state index in [1.807, 2.05) is 19.1 Å². The molecule has 0 saturated carbocycles. The molecule has 1 aliphatic heterocycles. The lowest BCUT2D eigenvalue weighted by Crippen LogP contribution is -2.35. The maximum absolute atomic E-state index is 11.8. The molecule has 2 rings (SSSR count). The van der Waals surface area contributed by atoms with Crippen LogP contribution in [0.5, 0.6) is 0 Å². The Bertz CT molecular complexity index is 445. The Morgan fingerprint density at radius 1 is 1.38 bits per heavy atom. The first-order chi connectivity index (χ1) is 7.59. The van der Waals surface area contributed by atoms with Crippen molar-refractivity contribution in [3.05, 3.63) is 23.9 Å². The number of aromatic nitrogens is 1. The maximum atomic E-state index is 11.8. The van der Waals surface area contributed by atoms with E-state index in [2.05, 4.69) is 4.98 Å². The highest BCUT2D eigenvalue weighted by atomic mass is 16.2. The zero-order valence-corrected chi connectivity index (χ0v) is 9.30. The van der Waals surface area contributed by atoms with Crippen molar-refractivity contribution in [3.63, 3.8) is 0 Å². The van der Waals surface area contributed by atoms with Gasteiger partial charge in [-0.3, -0.25) is 14.6 Å². The van der Waals surface area contributed by atoms with Crippen LogP contribution in [0.2, 0.25) is 0 Å². The van der Waals surface area contributed by atoms with E-state index < -0.39 is 0 Å². The Kier molecular flexibility index (Phi) is 2.60. The number of imide groups is 1. The normalized spacial score (nSPS) is 15.8. The summed E-state index contributed by atoms with van der Waals surface area (Å²) in [7, 11) is 0. The lowest BCUT2D eigenvalue weighted by Gasteiger charge is -2.15. The summed E-state index contributed by atoms with van der Waals surface area (Å²) in [5.41, 5.74) is 0.853. The smallest absolute Gasteiger partial charge is 0.276 e. The number of rotatable bonds is 1. The lowest BCUT2D eigenvalue weighted by atomic mass is 10.3. The standard InChI is InChI=1S/C11H13N3O2/c1-8-4-3-5-10(12-8)14-7-6-13(9(2)15)11(14)16/h3-5H,6-7H2,1-2H3. The SMILES string of the molecule is CC(=O)N1CCN(c2cccc(C)n2)C1=O. The van der Waals surface area contributed by atoms with Crippen LogP contribution < -0.4 is 4.90 Å². The van der Waals surface area contributed by atoms with Gasteiger partial charge in [0.1, 0.15) is 5.82 Å². The first kappa shape index (κ1) is 10.6. The minimum absolute atomic E-state index is 0.222. The van der Waals surface area contributed by atoms with Crippen molar-refractivity contribution in [3.8, 4) is 0 Å². The molecule has 0 radical (unpaired) electrons. The van der Waals surface area contributed by atoms with Crippen molar-refractivity contribution in [2.75, 3.05) is 18.0 Å². The number of urea groups is 1. The molecular weight excluding hydrogens is 206 g/mol. The van der Waals surface area contributed by atoms with Crippen molar-refractivity contribution in [2.45, 2.75) is 13.8 Å². The minimum Gasteiger partial charge on any atom is -0.276 e. The molecule has 84 valence electrons. The fourth-order valence-corrected chi connectivity index (χ4v) is 1.72. The monoisotopic (exact) mass is 219 g/mol. The van der Waals surface area contributed by atoms with Gasteiger partial charge in [-0.05, 0) is 19.1 Å². The predicted octanol–water partition coefficient (Wildman–Crippen LogP) is 1.18. The van der Waals surface area contributed by atoms with Gasteiger partial charge in [0, 0.05) is 25.7 Å². The fourth-order valence-electron chi connectivity index (χ4n) is 1.72. The molecular formula is C11H13N3O2. The minimum atomic E-state index is -0.286. The van der Waals surface area contributed by atoms with Gasteiger partial charge in [-0.1, -0.05) is 6.07 Å². The summed E-state index contributed by atoms with van der Waals surface area (Å²) in [5, 5.41) is 0. The molecule has 5 nitrogen and oxygen atoms in total. The van der Waals surface area contributed by atoms with Crippen molar-refractivity contribution < 1.29 is 9.59 Å². The van der Waals surface area contributed by atoms with Crippen LogP contribution in [0.4, 0.5) is 10.6 Å². The number of hydrogen-bond donors (Lipinski definition) is 0. The number of aryl methyl sites for hydroxylation is 1. The van der Waals surface area contributed by atoms with Gasteiger partial charge in [0.25, 0.3) is 0 Å². The molecule has 0 aliphatic carbocycles. The largest absolute Gasteiger partial charge is 0.332 e. The van der Waals surface area contributed by atoms with Crippen molar-refractivity contribution in [1.29, 1.82) is 0 Å². The predicted molar refractivity (Wildman–Crippen MR) is 59.1 cm³/mol. The summed E-state index contributed by atoms with van der Waals surface area (Å²) < 4.78 is 0. The van der Waals surface area contributed by atoms with E-state index in [0.29, 0.717) is 18.9 Å². The third kappa shape index (κ3) is 1.76. The van der Waals surface area contributed by atoms with Gasteiger partial charge < -0.3 is 0 Å². The molecule has 1 fully saturated rings. The van der Waals surface area contributed by atoms with Crippen LogP contribution in [0, 0.1) is 6.92 Å². The summed E-state index contributed by atoms with van der Waals surface area (Å²) >= 11 is 0. The van der Waals surface area contributed by atoms with Crippen LogP contribution in [-0.4, -0.2) is 34.9 Å². The molecule has 16 heavy (non-hydrogen) atoms. The number of pyridine rings is 1.